The first kappa shape index (κ1) is 14.5. The molecule has 0 radical (unpaired) electrons. The largest absolute Gasteiger partial charge is 0.362 e. The van der Waals surface area contributed by atoms with Gasteiger partial charge in [-0.05, 0) is 28.9 Å². The molecule has 0 unspecified atom stereocenters. The van der Waals surface area contributed by atoms with Crippen molar-refractivity contribution in [2.45, 2.75) is 18.6 Å². The Labute approximate surface area is 139 Å². The van der Waals surface area contributed by atoms with Crippen LogP contribution < -0.4 is 4.90 Å². The van der Waals surface area contributed by atoms with Gasteiger partial charge in [0.15, 0.2) is 0 Å². The van der Waals surface area contributed by atoms with E-state index in [-0.39, 0.29) is 23.6 Å². The van der Waals surface area contributed by atoms with Crippen LogP contribution in [-0.4, -0.2) is 28.4 Å². The zero-order chi connectivity index (χ0) is 16.5. The van der Waals surface area contributed by atoms with E-state index in [4.69, 9.17) is 4.74 Å². The van der Waals surface area contributed by atoms with Crippen LogP contribution in [0.2, 0.25) is 0 Å². The molecule has 7 nitrogen and oxygen atoms in total. The molecule has 8 heteroatoms. The number of benzene rings is 1. The van der Waals surface area contributed by atoms with Crippen molar-refractivity contribution in [1.29, 1.82) is 0 Å². The van der Waals surface area contributed by atoms with Crippen molar-refractivity contribution in [1.82, 2.24) is 0 Å². The highest BCUT2D eigenvalue weighted by molar-refractivity contribution is 9.10. The molecule has 1 aromatic rings. The number of ether oxygens (including phenoxy) is 1. The van der Waals surface area contributed by atoms with Gasteiger partial charge in [0.1, 0.15) is 0 Å². The van der Waals surface area contributed by atoms with Crippen LogP contribution in [0.3, 0.4) is 0 Å². The Morgan fingerprint density at radius 1 is 1.35 bits per heavy atom. The van der Waals surface area contributed by atoms with Crippen molar-refractivity contribution in [3.8, 4) is 0 Å². The molecule has 0 N–H and O–H groups in total. The predicted molar refractivity (Wildman–Crippen MR) is 82.7 cm³/mol. The maximum Gasteiger partial charge on any atom is 0.270 e. The lowest BCUT2D eigenvalue weighted by Gasteiger charge is -2.24. The lowest BCUT2D eigenvalue weighted by atomic mass is 9.78. The van der Waals surface area contributed by atoms with Crippen molar-refractivity contribution in [3.05, 3.63) is 44.9 Å². The number of fused-ring (bicyclic) bond motifs is 5. The average molecular weight is 379 g/mol. The monoisotopic (exact) mass is 378 g/mol. The van der Waals surface area contributed by atoms with E-state index in [9.17, 15) is 19.7 Å². The second-order valence-electron chi connectivity index (χ2n) is 6.03. The Hall–Kier alpha value is -2.06. The Kier molecular flexibility index (Phi) is 2.83. The Bertz CT molecular complexity index is 807. The summed E-state index contributed by atoms with van der Waals surface area (Å²) in [5.41, 5.74) is -0.552. The minimum atomic E-state index is -0.760. The van der Waals surface area contributed by atoms with Crippen LogP contribution in [0, 0.1) is 22.0 Å². The van der Waals surface area contributed by atoms with Crippen LogP contribution in [0.15, 0.2) is 34.8 Å². The number of non-ortho nitro benzene ring substituents is 1. The molecule has 1 aromatic carbocycles. The van der Waals surface area contributed by atoms with Gasteiger partial charge in [0.2, 0.25) is 11.8 Å². The number of nitro groups is 1. The van der Waals surface area contributed by atoms with E-state index in [1.807, 2.05) is 12.2 Å². The van der Waals surface area contributed by atoms with Gasteiger partial charge in [0.25, 0.3) is 5.69 Å². The molecule has 3 heterocycles. The Balaban J connectivity index is 1.76. The number of nitrogens with zero attached hydrogens (tertiary/aromatic N) is 2. The second-order valence-corrected chi connectivity index (χ2v) is 6.89. The number of carbonyl (C=O) groups is 2. The molecule has 3 aliphatic heterocycles. The first-order valence-electron chi connectivity index (χ1n) is 7.02. The van der Waals surface area contributed by atoms with E-state index in [0.717, 1.165) is 4.90 Å². The van der Waals surface area contributed by atoms with E-state index in [0.29, 0.717) is 10.2 Å². The van der Waals surface area contributed by atoms with Gasteiger partial charge >= 0.3 is 0 Å². The van der Waals surface area contributed by atoms with E-state index in [1.54, 1.807) is 6.92 Å². The molecule has 23 heavy (non-hydrogen) atoms. The number of amides is 2. The summed E-state index contributed by atoms with van der Waals surface area (Å²) < 4.78 is 6.09. The molecule has 0 saturated carbocycles. The zero-order valence-electron chi connectivity index (χ0n) is 11.9. The summed E-state index contributed by atoms with van der Waals surface area (Å²) >= 11 is 3.22. The molecule has 4 rings (SSSR count). The normalized spacial score (nSPS) is 34.3. The van der Waals surface area contributed by atoms with E-state index >= 15 is 0 Å². The zero-order valence-corrected chi connectivity index (χ0v) is 13.5. The van der Waals surface area contributed by atoms with Crippen LogP contribution in [-0.2, 0) is 14.3 Å². The van der Waals surface area contributed by atoms with Gasteiger partial charge in [0, 0.05) is 16.6 Å². The molecule has 2 saturated heterocycles. The van der Waals surface area contributed by atoms with Crippen LogP contribution in [0.4, 0.5) is 11.4 Å². The first-order valence-corrected chi connectivity index (χ1v) is 7.82. The molecular formula is C15H11BrN2O5. The molecular weight excluding hydrogens is 368 g/mol. The van der Waals surface area contributed by atoms with Gasteiger partial charge in [-0.1, -0.05) is 12.2 Å². The Morgan fingerprint density at radius 2 is 2.09 bits per heavy atom. The molecule has 2 amide bonds. The third kappa shape index (κ3) is 1.79. The third-order valence-corrected chi connectivity index (χ3v) is 5.35. The molecule has 118 valence electrons. The molecule has 4 atom stereocenters. The number of imide groups is 1. The van der Waals surface area contributed by atoms with Crippen molar-refractivity contribution in [3.63, 3.8) is 0 Å². The second kappa shape index (κ2) is 4.48. The summed E-state index contributed by atoms with van der Waals surface area (Å²) in [6, 6.07) is 3.98. The maximum absolute atomic E-state index is 12.8. The van der Waals surface area contributed by atoms with Gasteiger partial charge in [-0.25, -0.2) is 4.90 Å². The van der Waals surface area contributed by atoms with E-state index in [2.05, 4.69) is 15.9 Å². The fraction of sp³-hybridized carbons (Fsp3) is 0.333. The van der Waals surface area contributed by atoms with Gasteiger partial charge in [0.05, 0.1) is 34.2 Å². The number of anilines is 1. The van der Waals surface area contributed by atoms with E-state index in [1.165, 1.54) is 18.2 Å². The molecule has 0 aromatic heterocycles. The van der Waals surface area contributed by atoms with Crippen LogP contribution in [0.5, 0.6) is 0 Å². The highest BCUT2D eigenvalue weighted by atomic mass is 79.9. The van der Waals surface area contributed by atoms with Crippen LogP contribution in [0.25, 0.3) is 0 Å². The quantitative estimate of drug-likeness (QED) is 0.340. The average Bonchev–Trinajstić information content (AvgIpc) is 3.09. The number of hydrogen-bond donors (Lipinski definition) is 0. The summed E-state index contributed by atoms with van der Waals surface area (Å²) in [4.78, 5) is 36.9. The number of nitro benzene ring substituents is 1. The van der Waals surface area contributed by atoms with Gasteiger partial charge < -0.3 is 4.74 Å². The summed E-state index contributed by atoms with van der Waals surface area (Å²) in [6.45, 7) is 1.80. The number of hydrogen-bond acceptors (Lipinski definition) is 5. The highest BCUT2D eigenvalue weighted by Gasteiger charge is 2.66. The summed E-state index contributed by atoms with van der Waals surface area (Å²) in [5.74, 6) is -1.73. The van der Waals surface area contributed by atoms with Crippen molar-refractivity contribution < 1.29 is 19.2 Å². The summed E-state index contributed by atoms with van der Waals surface area (Å²) in [6.07, 6.45) is 3.27. The number of rotatable bonds is 2. The number of carbonyl (C=O) groups excluding carboxylic acids is 2. The number of halogens is 1. The maximum atomic E-state index is 12.8. The Morgan fingerprint density at radius 3 is 2.70 bits per heavy atom. The van der Waals surface area contributed by atoms with Gasteiger partial charge in [-0.2, -0.15) is 0 Å². The van der Waals surface area contributed by atoms with Gasteiger partial charge in [-0.15, -0.1) is 0 Å². The highest BCUT2D eigenvalue weighted by Crippen LogP contribution is 2.52. The lowest BCUT2D eigenvalue weighted by Crippen LogP contribution is -2.38. The molecule has 2 bridgehead atoms. The van der Waals surface area contributed by atoms with Crippen LogP contribution in [0.1, 0.15) is 6.92 Å². The standard InChI is InChI=1S/C15H11BrN2O5/c1-15-5-4-10(23-15)11-12(15)14(20)17(13(11)19)9-3-2-7(18(21)22)6-8(9)16/h2-6,10-12H,1H3/t10-,11-,12-,15+/m1/s1. The third-order valence-electron chi connectivity index (χ3n) is 4.71. The SMILES string of the molecule is C[C@@]12C=C[C@@H](O1)[C@H]1C(=O)N(c3ccc([N+](=O)[O-])cc3Br)C(=O)[C@@H]12. The summed E-state index contributed by atoms with van der Waals surface area (Å²) in [7, 11) is 0. The molecule has 0 spiro atoms. The lowest BCUT2D eigenvalue weighted by molar-refractivity contribution is -0.384. The minimum absolute atomic E-state index is 0.114. The predicted octanol–water partition coefficient (Wildman–Crippen LogP) is 2.19. The molecule has 2 fully saturated rings. The fourth-order valence-electron chi connectivity index (χ4n) is 3.68. The van der Waals surface area contributed by atoms with Crippen molar-refractivity contribution in [2.24, 2.45) is 11.8 Å². The van der Waals surface area contributed by atoms with E-state index < -0.39 is 22.4 Å². The molecule has 3 aliphatic rings. The van der Waals surface area contributed by atoms with Gasteiger partial charge in [-0.3, -0.25) is 19.7 Å². The smallest absolute Gasteiger partial charge is 0.270 e. The van der Waals surface area contributed by atoms with Crippen LogP contribution >= 0.6 is 15.9 Å². The molecule has 0 aliphatic carbocycles. The topological polar surface area (TPSA) is 89.8 Å². The minimum Gasteiger partial charge on any atom is -0.362 e. The fourth-order valence-corrected chi connectivity index (χ4v) is 4.22. The van der Waals surface area contributed by atoms with Crippen molar-refractivity contribution >= 4 is 39.1 Å². The van der Waals surface area contributed by atoms with Crippen molar-refractivity contribution in [2.75, 3.05) is 4.90 Å². The summed E-state index contributed by atoms with van der Waals surface area (Å²) in [5, 5.41) is 10.8. The first-order chi connectivity index (χ1) is 10.8.